The van der Waals surface area contributed by atoms with E-state index >= 15 is 0 Å². The summed E-state index contributed by atoms with van der Waals surface area (Å²) < 4.78 is 10.3. The molecule has 1 unspecified atom stereocenters. The second-order valence-electron chi connectivity index (χ2n) is 4.76. The molecule has 2 rings (SSSR count). The Labute approximate surface area is 122 Å². The van der Waals surface area contributed by atoms with Crippen LogP contribution >= 0.6 is 0 Å². The quantitative estimate of drug-likeness (QED) is 0.878. The van der Waals surface area contributed by atoms with Gasteiger partial charge in [-0.15, -0.1) is 0 Å². The molecule has 1 aliphatic heterocycles. The predicted molar refractivity (Wildman–Crippen MR) is 75.7 cm³/mol. The molecule has 21 heavy (non-hydrogen) atoms. The van der Waals surface area contributed by atoms with Crippen LogP contribution in [0.1, 0.15) is 5.56 Å². The van der Waals surface area contributed by atoms with Gasteiger partial charge in [0.15, 0.2) is 6.04 Å². The maximum atomic E-state index is 12.3. The molecule has 1 atom stereocenters. The van der Waals surface area contributed by atoms with Crippen molar-refractivity contribution in [3.8, 4) is 5.75 Å². The standard InChI is InChI=1S/C14H18N2O5/c1-9-3-4-12(20-2)10(7-9)15-14(19)16-5-6-21-8-11(16)13(17)18/h3-4,7,11H,5-6,8H2,1-2H3,(H,15,19)(H,17,18). The maximum absolute atomic E-state index is 12.3. The van der Waals surface area contributed by atoms with Gasteiger partial charge in [-0.25, -0.2) is 9.59 Å². The van der Waals surface area contributed by atoms with Crippen molar-refractivity contribution in [2.75, 3.05) is 32.2 Å². The Morgan fingerprint density at radius 2 is 2.24 bits per heavy atom. The summed E-state index contributed by atoms with van der Waals surface area (Å²) in [5.41, 5.74) is 1.47. The Kier molecular flexibility index (Phi) is 4.64. The van der Waals surface area contributed by atoms with E-state index in [2.05, 4.69) is 5.32 Å². The van der Waals surface area contributed by atoms with Crippen LogP contribution in [-0.4, -0.2) is 54.9 Å². The number of carbonyl (C=O) groups excluding carboxylic acids is 1. The van der Waals surface area contributed by atoms with E-state index in [1.54, 1.807) is 12.1 Å². The molecule has 1 fully saturated rings. The van der Waals surface area contributed by atoms with E-state index in [-0.39, 0.29) is 13.2 Å². The van der Waals surface area contributed by atoms with E-state index in [1.807, 2.05) is 13.0 Å². The Bertz CT molecular complexity index is 546. The smallest absolute Gasteiger partial charge is 0.328 e. The highest BCUT2D eigenvalue weighted by atomic mass is 16.5. The number of carboxylic acid groups (broad SMARTS) is 1. The van der Waals surface area contributed by atoms with Gasteiger partial charge >= 0.3 is 12.0 Å². The van der Waals surface area contributed by atoms with Gasteiger partial charge < -0.3 is 24.8 Å². The molecule has 0 saturated carbocycles. The molecule has 2 N–H and O–H groups in total. The van der Waals surface area contributed by atoms with Crippen molar-refractivity contribution in [2.24, 2.45) is 0 Å². The second kappa shape index (κ2) is 6.45. The number of methoxy groups -OCH3 is 1. The fraction of sp³-hybridized carbons (Fsp3) is 0.429. The monoisotopic (exact) mass is 294 g/mol. The summed E-state index contributed by atoms with van der Waals surface area (Å²) in [5.74, 6) is -0.560. The number of hydrogen-bond donors (Lipinski definition) is 2. The number of ether oxygens (including phenoxy) is 2. The molecule has 0 spiro atoms. The van der Waals surface area contributed by atoms with Gasteiger partial charge in [0.25, 0.3) is 0 Å². The van der Waals surface area contributed by atoms with Crippen molar-refractivity contribution in [3.63, 3.8) is 0 Å². The molecule has 7 heteroatoms. The van der Waals surface area contributed by atoms with Gasteiger partial charge in [0, 0.05) is 6.54 Å². The summed E-state index contributed by atoms with van der Waals surface area (Å²) in [6.45, 7) is 2.44. The SMILES string of the molecule is COc1ccc(C)cc1NC(=O)N1CCOCC1C(=O)O. The molecular formula is C14H18N2O5. The average Bonchev–Trinajstić information content (AvgIpc) is 2.47. The number of carboxylic acids is 1. The van der Waals surface area contributed by atoms with Crippen molar-refractivity contribution in [2.45, 2.75) is 13.0 Å². The second-order valence-corrected chi connectivity index (χ2v) is 4.76. The first-order chi connectivity index (χ1) is 10.0. The minimum atomic E-state index is -1.08. The van der Waals surface area contributed by atoms with E-state index in [0.717, 1.165) is 5.56 Å². The lowest BCUT2D eigenvalue weighted by Crippen LogP contribution is -2.53. The van der Waals surface area contributed by atoms with Gasteiger partial charge in [-0.1, -0.05) is 6.07 Å². The van der Waals surface area contributed by atoms with Crippen LogP contribution in [0.2, 0.25) is 0 Å². The summed E-state index contributed by atoms with van der Waals surface area (Å²) in [4.78, 5) is 24.7. The molecule has 1 aromatic rings. The average molecular weight is 294 g/mol. The molecule has 114 valence electrons. The third-order valence-corrected chi connectivity index (χ3v) is 3.27. The first-order valence-electron chi connectivity index (χ1n) is 6.55. The van der Waals surface area contributed by atoms with E-state index in [1.165, 1.54) is 12.0 Å². The molecule has 1 aromatic carbocycles. The first-order valence-corrected chi connectivity index (χ1v) is 6.55. The number of benzene rings is 1. The number of hydrogen-bond acceptors (Lipinski definition) is 4. The lowest BCUT2D eigenvalue weighted by Gasteiger charge is -2.32. The molecule has 1 aliphatic rings. The van der Waals surface area contributed by atoms with Gasteiger partial charge in [0.05, 0.1) is 26.0 Å². The van der Waals surface area contributed by atoms with Crippen LogP contribution in [0, 0.1) is 6.92 Å². The molecule has 0 aliphatic carbocycles. The zero-order valence-corrected chi connectivity index (χ0v) is 12.0. The zero-order chi connectivity index (χ0) is 15.4. The highest BCUT2D eigenvalue weighted by molar-refractivity contribution is 5.93. The van der Waals surface area contributed by atoms with E-state index in [4.69, 9.17) is 14.6 Å². The highest BCUT2D eigenvalue weighted by Gasteiger charge is 2.33. The van der Waals surface area contributed by atoms with E-state index in [9.17, 15) is 9.59 Å². The Morgan fingerprint density at radius 1 is 1.48 bits per heavy atom. The van der Waals surface area contributed by atoms with E-state index < -0.39 is 18.0 Å². The normalized spacial score (nSPS) is 18.2. The number of nitrogens with zero attached hydrogens (tertiary/aromatic N) is 1. The third-order valence-electron chi connectivity index (χ3n) is 3.27. The van der Waals surface area contributed by atoms with Crippen LogP contribution in [0.5, 0.6) is 5.75 Å². The largest absolute Gasteiger partial charge is 0.495 e. The summed E-state index contributed by atoms with van der Waals surface area (Å²) in [5, 5.41) is 11.8. The van der Waals surface area contributed by atoms with Crippen LogP contribution in [-0.2, 0) is 9.53 Å². The van der Waals surface area contributed by atoms with Crippen molar-refractivity contribution in [1.29, 1.82) is 0 Å². The Morgan fingerprint density at radius 3 is 2.90 bits per heavy atom. The van der Waals surface area contributed by atoms with Gasteiger partial charge in [0.1, 0.15) is 5.75 Å². The molecule has 1 saturated heterocycles. The number of aliphatic carboxylic acids is 1. The van der Waals surface area contributed by atoms with Crippen LogP contribution in [0.4, 0.5) is 10.5 Å². The van der Waals surface area contributed by atoms with Crippen LogP contribution in [0.25, 0.3) is 0 Å². The van der Waals surface area contributed by atoms with Crippen LogP contribution in [0.3, 0.4) is 0 Å². The third kappa shape index (κ3) is 3.43. The summed E-state index contributed by atoms with van der Waals surface area (Å²) in [6.07, 6.45) is 0. The van der Waals surface area contributed by atoms with Gasteiger partial charge in [-0.3, -0.25) is 0 Å². The lowest BCUT2D eigenvalue weighted by atomic mass is 10.2. The molecule has 2 amide bonds. The van der Waals surface area contributed by atoms with Crippen molar-refractivity contribution >= 4 is 17.7 Å². The number of anilines is 1. The number of rotatable bonds is 3. The van der Waals surface area contributed by atoms with Crippen molar-refractivity contribution in [3.05, 3.63) is 23.8 Å². The lowest BCUT2D eigenvalue weighted by molar-refractivity contribution is -0.147. The summed E-state index contributed by atoms with van der Waals surface area (Å²) >= 11 is 0. The fourth-order valence-electron chi connectivity index (χ4n) is 2.16. The summed E-state index contributed by atoms with van der Waals surface area (Å²) in [6, 6.07) is 3.93. The number of amides is 2. The molecular weight excluding hydrogens is 276 g/mol. The van der Waals surface area contributed by atoms with Gasteiger partial charge in [0.2, 0.25) is 0 Å². The van der Waals surface area contributed by atoms with Gasteiger partial charge in [-0.2, -0.15) is 0 Å². The first kappa shape index (κ1) is 15.1. The number of carbonyl (C=O) groups is 2. The Hall–Kier alpha value is -2.28. The maximum Gasteiger partial charge on any atom is 0.328 e. The highest BCUT2D eigenvalue weighted by Crippen LogP contribution is 2.25. The number of nitrogens with one attached hydrogen (secondary N) is 1. The number of aryl methyl sites for hydroxylation is 1. The Balaban J connectivity index is 2.16. The van der Waals surface area contributed by atoms with Crippen molar-refractivity contribution in [1.82, 2.24) is 4.90 Å². The van der Waals surface area contributed by atoms with Crippen LogP contribution in [0.15, 0.2) is 18.2 Å². The molecule has 7 nitrogen and oxygen atoms in total. The molecule has 0 radical (unpaired) electrons. The molecule has 1 heterocycles. The minimum Gasteiger partial charge on any atom is -0.495 e. The number of morpholine rings is 1. The number of urea groups is 1. The molecule has 0 bridgehead atoms. The summed E-state index contributed by atoms with van der Waals surface area (Å²) in [7, 11) is 1.51. The van der Waals surface area contributed by atoms with Crippen LogP contribution < -0.4 is 10.1 Å². The fourth-order valence-corrected chi connectivity index (χ4v) is 2.16. The minimum absolute atomic E-state index is 0.00624. The molecule has 0 aromatic heterocycles. The predicted octanol–water partition coefficient (Wildman–Crippen LogP) is 1.32. The van der Waals surface area contributed by atoms with E-state index in [0.29, 0.717) is 18.0 Å². The zero-order valence-electron chi connectivity index (χ0n) is 12.0. The van der Waals surface area contributed by atoms with Crippen molar-refractivity contribution < 1.29 is 24.2 Å². The topological polar surface area (TPSA) is 88.1 Å². The van der Waals surface area contributed by atoms with Gasteiger partial charge in [-0.05, 0) is 24.6 Å².